The fourth-order valence-electron chi connectivity index (χ4n) is 0.367. The predicted molar refractivity (Wildman–Crippen MR) is 39.0 cm³/mol. The fourth-order valence-corrected chi connectivity index (χ4v) is 0.367. The molecule has 1 atom stereocenters. The zero-order chi connectivity index (χ0) is 7.33. The van der Waals surface area contributed by atoms with Gasteiger partial charge >= 0.3 is 0 Å². The van der Waals surface area contributed by atoms with Crippen molar-refractivity contribution in [2.75, 3.05) is 0 Å². The summed E-state index contributed by atoms with van der Waals surface area (Å²) < 4.78 is 0. The summed E-state index contributed by atoms with van der Waals surface area (Å²) in [7, 11) is 0. The lowest BCUT2D eigenvalue weighted by Gasteiger charge is -2.11. The standard InChI is InChI=1S/C8H14O/c1-4-6-7-8(3,9)5-2/h9H,4-5H2,1-3H3/t8-/m0/s1. The van der Waals surface area contributed by atoms with Crippen molar-refractivity contribution in [2.45, 2.75) is 39.2 Å². The molecule has 0 aromatic carbocycles. The summed E-state index contributed by atoms with van der Waals surface area (Å²) in [6.45, 7) is 5.62. The molecule has 0 spiro atoms. The van der Waals surface area contributed by atoms with Crippen LogP contribution in [-0.4, -0.2) is 10.7 Å². The lowest BCUT2D eigenvalue weighted by molar-refractivity contribution is 0.118. The minimum absolute atomic E-state index is 0.694. The molecule has 0 aliphatic heterocycles. The van der Waals surface area contributed by atoms with Crippen LogP contribution in [-0.2, 0) is 0 Å². The molecule has 1 nitrogen and oxygen atoms in total. The molecule has 0 radical (unpaired) electrons. The number of hydrogen-bond acceptors (Lipinski definition) is 1. The Morgan fingerprint density at radius 1 is 1.44 bits per heavy atom. The Morgan fingerprint density at radius 2 is 2.00 bits per heavy atom. The maximum absolute atomic E-state index is 9.28. The minimum atomic E-state index is -0.768. The van der Waals surface area contributed by atoms with Crippen molar-refractivity contribution in [3.05, 3.63) is 0 Å². The van der Waals surface area contributed by atoms with Crippen LogP contribution < -0.4 is 0 Å². The molecule has 0 rings (SSSR count). The first-order valence-corrected chi connectivity index (χ1v) is 3.34. The molecule has 0 heterocycles. The van der Waals surface area contributed by atoms with Crippen molar-refractivity contribution in [3.63, 3.8) is 0 Å². The smallest absolute Gasteiger partial charge is 0.122 e. The average Bonchev–Trinajstić information content (AvgIpc) is 1.84. The van der Waals surface area contributed by atoms with Gasteiger partial charge in [0.15, 0.2) is 0 Å². The van der Waals surface area contributed by atoms with Crippen molar-refractivity contribution >= 4 is 0 Å². The molecule has 1 heteroatoms. The van der Waals surface area contributed by atoms with Crippen LogP contribution in [0.3, 0.4) is 0 Å². The lowest BCUT2D eigenvalue weighted by Crippen LogP contribution is -2.19. The third kappa shape index (κ3) is 4.05. The Morgan fingerprint density at radius 3 is 2.33 bits per heavy atom. The van der Waals surface area contributed by atoms with E-state index < -0.39 is 5.60 Å². The van der Waals surface area contributed by atoms with Gasteiger partial charge in [-0.2, -0.15) is 0 Å². The van der Waals surface area contributed by atoms with E-state index in [0.717, 1.165) is 6.42 Å². The maximum atomic E-state index is 9.28. The highest BCUT2D eigenvalue weighted by molar-refractivity contribution is 5.10. The Hall–Kier alpha value is -0.480. The SMILES string of the molecule is CCC#C[C@@](C)(O)CC. The van der Waals surface area contributed by atoms with E-state index in [0.29, 0.717) is 6.42 Å². The first-order valence-electron chi connectivity index (χ1n) is 3.34. The van der Waals surface area contributed by atoms with E-state index in [4.69, 9.17) is 0 Å². The van der Waals surface area contributed by atoms with E-state index in [9.17, 15) is 5.11 Å². The summed E-state index contributed by atoms with van der Waals surface area (Å²) in [6.07, 6.45) is 1.51. The third-order valence-electron chi connectivity index (χ3n) is 1.22. The fraction of sp³-hybridized carbons (Fsp3) is 0.750. The van der Waals surface area contributed by atoms with Crippen LogP contribution in [0.5, 0.6) is 0 Å². The van der Waals surface area contributed by atoms with Crippen LogP contribution in [0, 0.1) is 11.8 Å². The van der Waals surface area contributed by atoms with Crippen molar-refractivity contribution in [1.29, 1.82) is 0 Å². The van der Waals surface area contributed by atoms with Gasteiger partial charge in [0.05, 0.1) is 0 Å². The monoisotopic (exact) mass is 126 g/mol. The van der Waals surface area contributed by atoms with Gasteiger partial charge in [-0.25, -0.2) is 0 Å². The normalized spacial score (nSPS) is 15.6. The van der Waals surface area contributed by atoms with Gasteiger partial charge in [0.1, 0.15) is 5.60 Å². The van der Waals surface area contributed by atoms with Gasteiger partial charge in [0.2, 0.25) is 0 Å². The summed E-state index contributed by atoms with van der Waals surface area (Å²) in [5.74, 6) is 5.60. The molecular formula is C8H14O. The van der Waals surface area contributed by atoms with E-state index in [1.807, 2.05) is 13.8 Å². The molecule has 1 N–H and O–H groups in total. The van der Waals surface area contributed by atoms with Crippen LogP contribution in [0.1, 0.15) is 33.6 Å². The molecular weight excluding hydrogens is 112 g/mol. The molecule has 0 aromatic rings. The first kappa shape index (κ1) is 8.52. The summed E-state index contributed by atoms with van der Waals surface area (Å²) in [6, 6.07) is 0. The maximum Gasteiger partial charge on any atom is 0.122 e. The van der Waals surface area contributed by atoms with Crippen molar-refractivity contribution in [1.82, 2.24) is 0 Å². The topological polar surface area (TPSA) is 20.2 Å². The summed E-state index contributed by atoms with van der Waals surface area (Å²) in [5, 5.41) is 9.28. The molecule has 0 saturated heterocycles. The van der Waals surface area contributed by atoms with Gasteiger partial charge in [-0.1, -0.05) is 19.8 Å². The van der Waals surface area contributed by atoms with Crippen LogP contribution in [0.4, 0.5) is 0 Å². The lowest BCUT2D eigenvalue weighted by atomic mass is 10.1. The van der Waals surface area contributed by atoms with Crippen LogP contribution >= 0.6 is 0 Å². The highest BCUT2D eigenvalue weighted by atomic mass is 16.3. The second-order valence-corrected chi connectivity index (χ2v) is 2.28. The Kier molecular flexibility index (Phi) is 3.34. The van der Waals surface area contributed by atoms with Crippen LogP contribution in [0.2, 0.25) is 0 Å². The Bertz CT molecular complexity index is 125. The number of rotatable bonds is 1. The van der Waals surface area contributed by atoms with Gasteiger partial charge in [-0.15, -0.1) is 5.92 Å². The second-order valence-electron chi connectivity index (χ2n) is 2.28. The predicted octanol–water partition coefficient (Wildman–Crippen LogP) is 1.56. The average molecular weight is 126 g/mol. The molecule has 0 saturated carbocycles. The van der Waals surface area contributed by atoms with Crippen molar-refractivity contribution in [2.24, 2.45) is 0 Å². The van der Waals surface area contributed by atoms with Gasteiger partial charge in [0.25, 0.3) is 0 Å². The molecule has 0 unspecified atom stereocenters. The van der Waals surface area contributed by atoms with Gasteiger partial charge < -0.3 is 5.11 Å². The van der Waals surface area contributed by atoms with E-state index in [-0.39, 0.29) is 0 Å². The van der Waals surface area contributed by atoms with E-state index in [2.05, 4.69) is 11.8 Å². The highest BCUT2D eigenvalue weighted by Gasteiger charge is 2.11. The molecule has 0 aliphatic carbocycles. The molecule has 52 valence electrons. The summed E-state index contributed by atoms with van der Waals surface area (Å²) >= 11 is 0. The van der Waals surface area contributed by atoms with E-state index >= 15 is 0 Å². The quantitative estimate of drug-likeness (QED) is 0.529. The number of hydrogen-bond donors (Lipinski definition) is 1. The van der Waals surface area contributed by atoms with Crippen LogP contribution in [0.25, 0.3) is 0 Å². The van der Waals surface area contributed by atoms with Crippen molar-refractivity contribution < 1.29 is 5.11 Å². The summed E-state index contributed by atoms with van der Waals surface area (Å²) in [4.78, 5) is 0. The van der Waals surface area contributed by atoms with Gasteiger partial charge in [-0.05, 0) is 13.3 Å². The Balaban J connectivity index is 3.84. The molecule has 9 heavy (non-hydrogen) atoms. The molecule has 0 aliphatic rings. The second kappa shape index (κ2) is 3.53. The molecule has 0 aromatic heterocycles. The largest absolute Gasteiger partial charge is 0.378 e. The zero-order valence-electron chi connectivity index (χ0n) is 6.36. The third-order valence-corrected chi connectivity index (χ3v) is 1.22. The minimum Gasteiger partial charge on any atom is -0.378 e. The van der Waals surface area contributed by atoms with Crippen LogP contribution in [0.15, 0.2) is 0 Å². The van der Waals surface area contributed by atoms with E-state index in [1.165, 1.54) is 0 Å². The summed E-state index contributed by atoms with van der Waals surface area (Å²) in [5.41, 5.74) is -0.768. The van der Waals surface area contributed by atoms with Gasteiger partial charge in [0, 0.05) is 6.42 Å². The Labute approximate surface area is 57.1 Å². The number of aliphatic hydroxyl groups is 1. The first-order chi connectivity index (χ1) is 4.12. The zero-order valence-corrected chi connectivity index (χ0v) is 6.36. The van der Waals surface area contributed by atoms with Gasteiger partial charge in [-0.3, -0.25) is 0 Å². The van der Waals surface area contributed by atoms with E-state index in [1.54, 1.807) is 6.92 Å². The molecule has 0 bridgehead atoms. The van der Waals surface area contributed by atoms with Crippen molar-refractivity contribution in [3.8, 4) is 11.8 Å². The highest BCUT2D eigenvalue weighted by Crippen LogP contribution is 2.04. The molecule has 0 amide bonds. The molecule has 0 fully saturated rings.